The van der Waals surface area contributed by atoms with E-state index in [0.717, 1.165) is 16.9 Å². The minimum absolute atomic E-state index is 0.0614. The zero-order valence-corrected chi connectivity index (χ0v) is 16.0. The summed E-state index contributed by atoms with van der Waals surface area (Å²) in [4.78, 5) is 15.6. The van der Waals surface area contributed by atoms with Gasteiger partial charge in [0.1, 0.15) is 5.75 Å². The molecule has 2 aromatic carbocycles. The second-order valence-electron chi connectivity index (χ2n) is 6.35. The number of carbonyl (C=O) groups is 1. The van der Waals surface area contributed by atoms with Crippen LogP contribution >= 0.6 is 11.6 Å². The van der Waals surface area contributed by atoms with Crippen LogP contribution in [0.5, 0.6) is 11.6 Å². The zero-order chi connectivity index (χ0) is 19.8. The van der Waals surface area contributed by atoms with E-state index >= 15 is 0 Å². The monoisotopic (exact) mass is 396 g/mol. The number of hydrogen-bond acceptors (Lipinski definition) is 5. The molecule has 0 aliphatic rings. The summed E-state index contributed by atoms with van der Waals surface area (Å²) in [7, 11) is 0. The third kappa shape index (κ3) is 3.12. The maximum Gasteiger partial charge on any atom is 0.237 e. The molecule has 0 atom stereocenters. The summed E-state index contributed by atoms with van der Waals surface area (Å²) in [5.41, 5.74) is 2.86. The second-order valence-corrected chi connectivity index (χ2v) is 6.75. The molecule has 142 valence electrons. The second kappa shape index (κ2) is 7.05. The summed E-state index contributed by atoms with van der Waals surface area (Å²) in [6.07, 6.45) is 0. The van der Waals surface area contributed by atoms with Crippen LogP contribution in [0.2, 0.25) is 5.02 Å². The first kappa shape index (κ1) is 18.1. The van der Waals surface area contributed by atoms with Gasteiger partial charge in [-0.25, -0.2) is 0 Å². The highest BCUT2D eigenvalue weighted by atomic mass is 35.5. The molecule has 0 fully saturated rings. The van der Waals surface area contributed by atoms with Crippen molar-refractivity contribution in [3.05, 3.63) is 64.5 Å². The van der Waals surface area contributed by atoms with E-state index in [9.17, 15) is 9.90 Å². The average molecular weight is 397 g/mol. The highest BCUT2D eigenvalue weighted by Crippen LogP contribution is 2.37. The quantitative estimate of drug-likeness (QED) is 0.457. The van der Waals surface area contributed by atoms with Crippen LogP contribution in [0.25, 0.3) is 22.0 Å². The van der Waals surface area contributed by atoms with Gasteiger partial charge in [0.25, 0.3) is 0 Å². The molecule has 0 amide bonds. The number of hydrogen-bond donors (Lipinski definition) is 2. The van der Waals surface area contributed by atoms with Crippen LogP contribution in [0, 0.1) is 6.92 Å². The number of carbonyl (C=O) groups excluding carboxylic acids is 1. The highest BCUT2D eigenvalue weighted by molar-refractivity contribution is 6.34. The normalized spacial score (nSPS) is 11.1. The van der Waals surface area contributed by atoms with Gasteiger partial charge in [-0.2, -0.15) is 0 Å². The van der Waals surface area contributed by atoms with Crippen molar-refractivity contribution in [3.8, 4) is 22.8 Å². The molecule has 0 bridgehead atoms. The number of aromatic amines is 1. The summed E-state index contributed by atoms with van der Waals surface area (Å²) in [6, 6.07) is 12.5. The lowest BCUT2D eigenvalue weighted by Crippen LogP contribution is -1.99. The first-order chi connectivity index (χ1) is 13.5. The number of ketones is 1. The number of rotatable bonds is 5. The first-order valence-corrected chi connectivity index (χ1v) is 9.11. The molecule has 2 N–H and O–H groups in total. The molecule has 0 aliphatic heterocycles. The van der Waals surface area contributed by atoms with Crippen molar-refractivity contribution in [2.24, 2.45) is 0 Å². The molecule has 0 saturated heterocycles. The van der Waals surface area contributed by atoms with E-state index in [-0.39, 0.29) is 17.2 Å². The summed E-state index contributed by atoms with van der Waals surface area (Å²) in [6.45, 7) is 4.23. The van der Waals surface area contributed by atoms with Crippen molar-refractivity contribution in [3.63, 3.8) is 0 Å². The van der Waals surface area contributed by atoms with Crippen LogP contribution in [0.3, 0.4) is 0 Å². The Labute approximate surface area is 165 Å². The Morgan fingerprint density at radius 3 is 2.64 bits per heavy atom. The Kier molecular flexibility index (Phi) is 4.57. The molecule has 4 aromatic rings. The van der Waals surface area contributed by atoms with E-state index in [0.29, 0.717) is 28.2 Å². The smallest absolute Gasteiger partial charge is 0.237 e. The number of aryl methyl sites for hydroxylation is 1. The van der Waals surface area contributed by atoms with Crippen LogP contribution in [-0.2, 0) is 0 Å². The molecule has 4 rings (SSSR count). The van der Waals surface area contributed by atoms with E-state index in [1.54, 1.807) is 19.1 Å². The maximum atomic E-state index is 12.8. The molecule has 0 aliphatic carbocycles. The van der Waals surface area contributed by atoms with Gasteiger partial charge in [0.2, 0.25) is 17.4 Å². The van der Waals surface area contributed by atoms with Gasteiger partial charge in [0, 0.05) is 17.0 Å². The predicted octanol–water partition coefficient (Wildman–Crippen LogP) is 5.12. The lowest BCUT2D eigenvalue weighted by molar-refractivity contribution is 0.0999. The van der Waals surface area contributed by atoms with Crippen molar-refractivity contribution in [1.29, 1.82) is 0 Å². The van der Waals surface area contributed by atoms with Crippen molar-refractivity contribution in [1.82, 2.24) is 10.1 Å². The Hall–Kier alpha value is -3.25. The van der Waals surface area contributed by atoms with Crippen molar-refractivity contribution >= 4 is 28.3 Å². The third-order valence-electron chi connectivity index (χ3n) is 4.42. The van der Waals surface area contributed by atoms with Gasteiger partial charge >= 0.3 is 0 Å². The van der Waals surface area contributed by atoms with Gasteiger partial charge in [0.15, 0.2) is 0 Å². The average Bonchev–Trinajstić information content (AvgIpc) is 3.24. The third-order valence-corrected chi connectivity index (χ3v) is 4.73. The number of ether oxygens (including phenoxy) is 1. The summed E-state index contributed by atoms with van der Waals surface area (Å²) >= 11 is 6.45. The molecular weight excluding hydrogens is 380 g/mol. The fourth-order valence-electron chi connectivity index (χ4n) is 3.14. The summed E-state index contributed by atoms with van der Waals surface area (Å²) < 4.78 is 10.5. The molecule has 0 radical (unpaired) electrons. The molecule has 0 unspecified atom stereocenters. The number of nitrogens with one attached hydrogen (secondary N) is 1. The van der Waals surface area contributed by atoms with Gasteiger partial charge < -0.3 is 19.4 Å². The molecule has 6 nitrogen and oxygen atoms in total. The first-order valence-electron chi connectivity index (χ1n) is 8.73. The maximum absolute atomic E-state index is 12.8. The van der Waals surface area contributed by atoms with E-state index in [1.165, 1.54) is 6.07 Å². The summed E-state index contributed by atoms with van der Waals surface area (Å²) in [5.74, 6) is 0.129. The molecule has 0 spiro atoms. The van der Waals surface area contributed by atoms with Crippen LogP contribution in [0.1, 0.15) is 28.7 Å². The Morgan fingerprint density at radius 1 is 1.25 bits per heavy atom. The minimum Gasteiger partial charge on any atom is -0.494 e. The van der Waals surface area contributed by atoms with Crippen LogP contribution in [0.15, 0.2) is 47.0 Å². The fraction of sp³-hybridized carbons (Fsp3) is 0.143. The van der Waals surface area contributed by atoms with Crippen LogP contribution < -0.4 is 4.74 Å². The lowest BCUT2D eigenvalue weighted by Gasteiger charge is -2.08. The zero-order valence-electron chi connectivity index (χ0n) is 15.2. The van der Waals surface area contributed by atoms with Gasteiger partial charge in [-0.1, -0.05) is 28.9 Å². The van der Waals surface area contributed by atoms with Gasteiger partial charge in [-0.15, -0.1) is 0 Å². The number of H-pyrrole nitrogens is 1. The van der Waals surface area contributed by atoms with Crippen LogP contribution in [-0.4, -0.2) is 27.6 Å². The van der Waals surface area contributed by atoms with Gasteiger partial charge in [0.05, 0.1) is 28.4 Å². The number of benzene rings is 2. The van der Waals surface area contributed by atoms with Gasteiger partial charge in [-0.05, 0) is 43.7 Å². The fourth-order valence-corrected chi connectivity index (χ4v) is 3.42. The molecule has 28 heavy (non-hydrogen) atoms. The van der Waals surface area contributed by atoms with E-state index in [2.05, 4.69) is 10.1 Å². The Bertz CT molecular complexity index is 1180. The summed E-state index contributed by atoms with van der Waals surface area (Å²) in [5, 5.41) is 15.1. The topological polar surface area (TPSA) is 88.3 Å². The Balaban J connectivity index is 1.83. The molecule has 7 heteroatoms. The molecule has 2 heterocycles. The highest BCUT2D eigenvalue weighted by Gasteiger charge is 2.24. The number of halogens is 1. The molecular formula is C21H17ClN2O4. The van der Waals surface area contributed by atoms with E-state index in [4.69, 9.17) is 20.9 Å². The Morgan fingerprint density at radius 2 is 2.00 bits per heavy atom. The number of nitrogens with zero attached hydrogens (tertiary/aromatic N) is 1. The predicted molar refractivity (Wildman–Crippen MR) is 106 cm³/mol. The van der Waals surface area contributed by atoms with Crippen molar-refractivity contribution in [2.75, 3.05) is 6.61 Å². The largest absolute Gasteiger partial charge is 0.494 e. The van der Waals surface area contributed by atoms with Crippen molar-refractivity contribution < 1.29 is 19.2 Å². The minimum atomic E-state index is -0.454. The van der Waals surface area contributed by atoms with E-state index < -0.39 is 5.78 Å². The van der Waals surface area contributed by atoms with Crippen LogP contribution in [0.4, 0.5) is 0 Å². The standard InChI is InChI=1S/C21H17ClN2O4/c1-3-27-13-6-4-12(5-7-13)14-9-15-17(10-16(14)22)23-21(26)19(15)20(25)18-8-11(2)24-28-18/h4-10,23,26H,3H2,1-2H3. The SMILES string of the molecule is CCOc1ccc(-c2cc3c(C(=O)c4cc(C)no4)c(O)[nH]c3cc2Cl)cc1. The lowest BCUT2D eigenvalue weighted by atomic mass is 10.0. The van der Waals surface area contributed by atoms with Gasteiger partial charge in [-0.3, -0.25) is 4.79 Å². The van der Waals surface area contributed by atoms with E-state index in [1.807, 2.05) is 31.2 Å². The number of aromatic nitrogens is 2. The number of aromatic hydroxyl groups is 1. The molecule has 0 saturated carbocycles. The number of fused-ring (bicyclic) bond motifs is 1. The molecule has 2 aromatic heterocycles. The van der Waals surface area contributed by atoms with Crippen molar-refractivity contribution in [2.45, 2.75) is 13.8 Å².